The van der Waals surface area contributed by atoms with Gasteiger partial charge in [-0.15, -0.1) is 10.2 Å². The average molecular weight is 311 g/mol. The van der Waals surface area contributed by atoms with Crippen LogP contribution in [0, 0.1) is 5.82 Å². The number of amides is 1. The van der Waals surface area contributed by atoms with Gasteiger partial charge in [0.1, 0.15) is 12.1 Å². The van der Waals surface area contributed by atoms with Gasteiger partial charge in [0.2, 0.25) is 0 Å². The van der Waals surface area contributed by atoms with Gasteiger partial charge in [-0.25, -0.2) is 4.39 Å². The van der Waals surface area contributed by atoms with Crippen molar-refractivity contribution in [2.45, 2.75) is 6.54 Å². The maximum atomic E-state index is 13.9. The number of carbonyl (C=O) groups is 1. The zero-order valence-corrected chi connectivity index (χ0v) is 11.9. The third kappa shape index (κ3) is 2.19. The minimum atomic E-state index is -2.50. The Morgan fingerprint density at radius 2 is 2.13 bits per heavy atom. The lowest BCUT2D eigenvalue weighted by molar-refractivity contribution is 0.0966. The Balaban J connectivity index is 1.92. The van der Waals surface area contributed by atoms with E-state index in [9.17, 15) is 9.18 Å². The molecule has 1 aromatic heterocycles. The van der Waals surface area contributed by atoms with Crippen LogP contribution in [0.5, 0.6) is 0 Å². The molecule has 0 atom stereocenters. The number of carbonyl (C=O) groups excluding carboxylic acids is 1. The Hall–Kier alpha value is -3.02. The van der Waals surface area contributed by atoms with Gasteiger partial charge in [-0.1, -0.05) is 18.2 Å². The number of hydrogen-bond donors (Lipinski definition) is 1. The molecule has 2 aromatic carbocycles. The van der Waals surface area contributed by atoms with E-state index in [2.05, 4.69) is 15.5 Å². The number of fused-ring (bicyclic) bond motifs is 1. The van der Waals surface area contributed by atoms with Crippen LogP contribution in [0.15, 0.2) is 42.7 Å². The fraction of sp³-hybridized carbons (Fsp3) is 0.118. The Labute approximate surface area is 136 Å². The molecule has 0 unspecified atom stereocenters. The Kier molecular flexibility index (Phi) is 2.32. The third-order valence-electron chi connectivity index (χ3n) is 3.88. The number of nitrogens with zero attached hydrogens (tertiary/aromatic N) is 3. The fourth-order valence-corrected chi connectivity index (χ4v) is 2.75. The smallest absolute Gasteiger partial charge is 0.251 e. The fourth-order valence-electron chi connectivity index (χ4n) is 2.75. The molecule has 0 radical (unpaired) electrons. The second kappa shape index (κ2) is 5.01. The number of hydrogen-bond acceptors (Lipinski definition) is 3. The summed E-state index contributed by atoms with van der Waals surface area (Å²) < 4.78 is 37.6. The molecule has 0 spiro atoms. The highest BCUT2D eigenvalue weighted by Gasteiger charge is 2.20. The summed E-state index contributed by atoms with van der Waals surface area (Å²) in [6.45, 7) is -2.03. The number of benzene rings is 2. The minimum Gasteiger partial charge on any atom is -0.348 e. The van der Waals surface area contributed by atoms with Crippen LogP contribution in [0.1, 0.15) is 20.0 Å². The summed E-state index contributed by atoms with van der Waals surface area (Å²) in [4.78, 5) is 11.9. The van der Waals surface area contributed by atoms with Gasteiger partial charge < -0.3 is 9.88 Å². The first-order valence-corrected chi connectivity index (χ1v) is 6.96. The van der Waals surface area contributed by atoms with Crippen LogP contribution >= 0.6 is 0 Å². The second-order valence-electron chi connectivity index (χ2n) is 5.27. The molecule has 1 N–H and O–H groups in total. The van der Waals surface area contributed by atoms with E-state index >= 15 is 0 Å². The van der Waals surface area contributed by atoms with Crippen molar-refractivity contribution in [2.24, 2.45) is 6.98 Å². The first-order valence-electron chi connectivity index (χ1n) is 8.46. The first kappa shape index (κ1) is 10.7. The molecule has 5 nitrogen and oxygen atoms in total. The predicted octanol–water partition coefficient (Wildman–Crippen LogP) is 2.53. The second-order valence-corrected chi connectivity index (χ2v) is 5.27. The maximum Gasteiger partial charge on any atom is 0.251 e. The summed E-state index contributed by atoms with van der Waals surface area (Å²) in [6, 6.07) is 9.38. The molecule has 23 heavy (non-hydrogen) atoms. The Morgan fingerprint density at radius 3 is 3.00 bits per heavy atom. The van der Waals surface area contributed by atoms with Crippen molar-refractivity contribution in [1.29, 1.82) is 0 Å². The van der Waals surface area contributed by atoms with Gasteiger partial charge in [0.15, 0.2) is 5.82 Å². The molecule has 2 heterocycles. The molecular formula is C17H13FN4O. The van der Waals surface area contributed by atoms with Gasteiger partial charge in [0.05, 0.1) is 0 Å². The SMILES string of the molecule is [2H]C([2H])([2H])n1cnnc1-c1cc(F)ccc1-c1ccc2c(c1)C(=O)NC2. The van der Waals surface area contributed by atoms with Crippen molar-refractivity contribution in [3.8, 4) is 22.5 Å². The lowest BCUT2D eigenvalue weighted by atomic mass is 9.96. The number of aryl methyl sites for hydroxylation is 1. The molecule has 6 heteroatoms. The van der Waals surface area contributed by atoms with Crippen molar-refractivity contribution in [1.82, 2.24) is 20.1 Å². The summed E-state index contributed by atoms with van der Waals surface area (Å²) in [7, 11) is 0. The Bertz CT molecular complexity index is 1030. The van der Waals surface area contributed by atoms with Gasteiger partial charge in [-0.3, -0.25) is 4.79 Å². The zero-order chi connectivity index (χ0) is 18.5. The van der Waals surface area contributed by atoms with Gasteiger partial charge >= 0.3 is 0 Å². The van der Waals surface area contributed by atoms with E-state index in [1.165, 1.54) is 18.2 Å². The summed E-state index contributed by atoms with van der Waals surface area (Å²) in [6.07, 6.45) is 1.09. The van der Waals surface area contributed by atoms with Crippen LogP contribution < -0.4 is 5.32 Å². The van der Waals surface area contributed by atoms with Crippen molar-refractivity contribution in [3.63, 3.8) is 0 Å². The highest BCUT2D eigenvalue weighted by Crippen LogP contribution is 2.33. The predicted molar refractivity (Wildman–Crippen MR) is 83.0 cm³/mol. The van der Waals surface area contributed by atoms with Gasteiger partial charge in [0.25, 0.3) is 5.91 Å². The highest BCUT2D eigenvalue weighted by molar-refractivity contribution is 6.00. The molecule has 3 aromatic rings. The van der Waals surface area contributed by atoms with E-state index in [1.807, 2.05) is 12.1 Å². The van der Waals surface area contributed by atoms with E-state index in [0.29, 0.717) is 23.2 Å². The number of nitrogens with one attached hydrogen (secondary N) is 1. The lowest BCUT2D eigenvalue weighted by Crippen LogP contribution is -2.12. The molecule has 114 valence electrons. The lowest BCUT2D eigenvalue weighted by Gasteiger charge is -2.10. The highest BCUT2D eigenvalue weighted by atomic mass is 19.1. The number of halogens is 1. The molecule has 1 aliphatic rings. The van der Waals surface area contributed by atoms with E-state index in [0.717, 1.165) is 16.5 Å². The van der Waals surface area contributed by atoms with Crippen LogP contribution in [0.3, 0.4) is 0 Å². The third-order valence-corrected chi connectivity index (χ3v) is 3.88. The monoisotopic (exact) mass is 311 g/mol. The average Bonchev–Trinajstić information content (AvgIpc) is 3.22. The number of aromatic nitrogens is 3. The molecule has 0 aliphatic carbocycles. The van der Waals surface area contributed by atoms with E-state index < -0.39 is 12.8 Å². The van der Waals surface area contributed by atoms with E-state index in [-0.39, 0.29) is 17.3 Å². The topological polar surface area (TPSA) is 59.8 Å². The Morgan fingerprint density at radius 1 is 1.22 bits per heavy atom. The molecular weight excluding hydrogens is 295 g/mol. The first-order chi connectivity index (χ1) is 12.3. The molecule has 1 aliphatic heterocycles. The van der Waals surface area contributed by atoms with Crippen molar-refractivity contribution >= 4 is 5.91 Å². The van der Waals surface area contributed by atoms with Crippen LogP contribution in [-0.4, -0.2) is 20.7 Å². The zero-order valence-electron chi connectivity index (χ0n) is 14.9. The summed E-state index contributed by atoms with van der Waals surface area (Å²) >= 11 is 0. The van der Waals surface area contributed by atoms with Crippen LogP contribution in [0.25, 0.3) is 22.5 Å². The van der Waals surface area contributed by atoms with Crippen molar-refractivity contribution in [2.75, 3.05) is 0 Å². The number of rotatable bonds is 2. The largest absolute Gasteiger partial charge is 0.348 e. The molecule has 1 amide bonds. The van der Waals surface area contributed by atoms with Gasteiger partial charge in [-0.05, 0) is 34.9 Å². The molecule has 0 saturated carbocycles. The summed E-state index contributed by atoms with van der Waals surface area (Å²) in [5.74, 6) is -0.664. The summed E-state index contributed by atoms with van der Waals surface area (Å²) in [5.41, 5.74) is 2.95. The van der Waals surface area contributed by atoms with Gasteiger partial charge in [-0.2, -0.15) is 0 Å². The van der Waals surface area contributed by atoms with Gasteiger partial charge in [0, 0.05) is 28.8 Å². The maximum absolute atomic E-state index is 13.9. The van der Waals surface area contributed by atoms with Crippen LogP contribution in [0.4, 0.5) is 4.39 Å². The normalized spacial score (nSPS) is 15.5. The van der Waals surface area contributed by atoms with Crippen LogP contribution in [-0.2, 0) is 13.5 Å². The molecule has 4 rings (SSSR count). The van der Waals surface area contributed by atoms with E-state index in [1.54, 1.807) is 6.07 Å². The molecule has 0 saturated heterocycles. The van der Waals surface area contributed by atoms with E-state index in [4.69, 9.17) is 4.11 Å². The van der Waals surface area contributed by atoms with Crippen molar-refractivity contribution < 1.29 is 13.3 Å². The quantitative estimate of drug-likeness (QED) is 0.791. The minimum absolute atomic E-state index is 0.0319. The molecule has 0 bridgehead atoms. The molecule has 0 fully saturated rings. The standard InChI is InChI=1S/C17H13FN4O/c1-22-9-20-21-16(22)15-7-12(18)4-5-13(15)10-2-3-11-8-19-17(23)14(11)6-10/h2-7,9H,8H2,1H3,(H,19,23)/i1D3. The van der Waals surface area contributed by atoms with Crippen LogP contribution in [0.2, 0.25) is 0 Å². The van der Waals surface area contributed by atoms with Crippen molar-refractivity contribution in [3.05, 3.63) is 59.7 Å². The summed E-state index contributed by atoms with van der Waals surface area (Å²) in [5, 5.41) is 10.3.